The van der Waals surface area contributed by atoms with Crippen molar-refractivity contribution in [1.82, 2.24) is 4.98 Å². The second kappa shape index (κ2) is 13.8. The second-order valence-corrected chi connectivity index (χ2v) is 8.84. The number of hydrogen-bond donors (Lipinski definition) is 0. The zero-order chi connectivity index (χ0) is 23.3. The largest absolute Gasteiger partial charge is 0.494 e. The molecule has 3 rings (SSSR count). The number of ether oxygens (including phenoxy) is 1. The molecule has 0 fully saturated rings. The van der Waals surface area contributed by atoms with Crippen molar-refractivity contribution >= 4 is 0 Å². The third-order valence-electron chi connectivity index (χ3n) is 6.10. The van der Waals surface area contributed by atoms with E-state index in [0.29, 0.717) is 11.3 Å². The number of unbranched alkanes of at least 4 members (excludes halogenated alkanes) is 7. The molecule has 33 heavy (non-hydrogen) atoms. The summed E-state index contributed by atoms with van der Waals surface area (Å²) in [6, 6.07) is 17.6. The molecule has 3 aromatic rings. The molecule has 0 bridgehead atoms. The van der Waals surface area contributed by atoms with Crippen molar-refractivity contribution in [2.45, 2.75) is 78.1 Å². The van der Waals surface area contributed by atoms with Gasteiger partial charge in [-0.05, 0) is 60.7 Å². The van der Waals surface area contributed by atoms with Gasteiger partial charge in [0.1, 0.15) is 11.6 Å². The monoisotopic (exact) mass is 447 g/mol. The molecule has 0 aliphatic carbocycles. The molecule has 0 amide bonds. The minimum atomic E-state index is -0.195. The lowest BCUT2D eigenvalue weighted by Gasteiger charge is -2.09. The number of hydrogen-bond acceptors (Lipinski definition) is 2. The fourth-order valence-electron chi connectivity index (χ4n) is 4.04. The number of pyridine rings is 1. The van der Waals surface area contributed by atoms with Crippen molar-refractivity contribution in [2.24, 2.45) is 0 Å². The Kier molecular flexibility index (Phi) is 10.4. The van der Waals surface area contributed by atoms with Crippen LogP contribution in [0.2, 0.25) is 0 Å². The third kappa shape index (κ3) is 7.99. The molecule has 2 aromatic carbocycles. The van der Waals surface area contributed by atoms with Crippen LogP contribution < -0.4 is 4.74 Å². The summed E-state index contributed by atoms with van der Waals surface area (Å²) < 4.78 is 20.6. The van der Waals surface area contributed by atoms with E-state index >= 15 is 0 Å². The number of nitrogens with zero attached hydrogens (tertiary/aromatic N) is 1. The Morgan fingerprint density at radius 3 is 2.09 bits per heavy atom. The predicted molar refractivity (Wildman–Crippen MR) is 137 cm³/mol. The Morgan fingerprint density at radius 1 is 0.727 bits per heavy atom. The number of aromatic nitrogens is 1. The van der Waals surface area contributed by atoms with E-state index in [1.54, 1.807) is 6.07 Å². The number of benzene rings is 2. The van der Waals surface area contributed by atoms with Crippen LogP contribution >= 0.6 is 0 Å². The molecule has 176 valence electrons. The summed E-state index contributed by atoms with van der Waals surface area (Å²) in [6.45, 7) is 5.20. The zero-order valence-electron chi connectivity index (χ0n) is 20.3. The van der Waals surface area contributed by atoms with E-state index in [0.717, 1.165) is 48.3 Å². The highest BCUT2D eigenvalue weighted by Gasteiger charge is 2.09. The molecule has 0 spiro atoms. The molecular weight excluding hydrogens is 409 g/mol. The lowest BCUT2D eigenvalue weighted by atomic mass is 10.0. The van der Waals surface area contributed by atoms with Gasteiger partial charge in [0.25, 0.3) is 0 Å². The van der Waals surface area contributed by atoms with Gasteiger partial charge in [-0.25, -0.2) is 4.39 Å². The molecule has 2 nitrogen and oxygen atoms in total. The zero-order valence-corrected chi connectivity index (χ0v) is 20.3. The maximum absolute atomic E-state index is 14.7. The van der Waals surface area contributed by atoms with Crippen molar-refractivity contribution in [1.29, 1.82) is 0 Å². The van der Waals surface area contributed by atoms with E-state index < -0.39 is 0 Å². The van der Waals surface area contributed by atoms with E-state index in [4.69, 9.17) is 4.74 Å². The normalized spacial score (nSPS) is 11.0. The predicted octanol–water partition coefficient (Wildman–Crippen LogP) is 9.03. The Balaban J connectivity index is 1.55. The van der Waals surface area contributed by atoms with E-state index in [9.17, 15) is 4.39 Å². The molecule has 0 radical (unpaired) electrons. The van der Waals surface area contributed by atoms with Gasteiger partial charge in [0.15, 0.2) is 0 Å². The van der Waals surface area contributed by atoms with Gasteiger partial charge >= 0.3 is 0 Å². The molecule has 1 aromatic heterocycles. The van der Waals surface area contributed by atoms with Crippen LogP contribution in [0.1, 0.15) is 77.2 Å². The lowest BCUT2D eigenvalue weighted by molar-refractivity contribution is 0.304. The van der Waals surface area contributed by atoms with Crippen LogP contribution in [0.3, 0.4) is 0 Å². The molecule has 3 heteroatoms. The molecule has 0 unspecified atom stereocenters. The minimum Gasteiger partial charge on any atom is -0.494 e. The van der Waals surface area contributed by atoms with Crippen LogP contribution in [0, 0.1) is 5.82 Å². The first-order valence-corrected chi connectivity index (χ1v) is 12.7. The quantitative estimate of drug-likeness (QED) is 0.230. The molecule has 0 saturated carbocycles. The average Bonchev–Trinajstić information content (AvgIpc) is 2.85. The standard InChI is InChI=1S/C30H38FNO/c1-3-5-7-9-11-21-33-27-17-14-25(15-18-27)26-16-20-30(32-23-26)28-19-13-24(22-29(28)31)12-10-8-6-4-2/h13-20,22-23H,3-12,21H2,1-2H3. The highest BCUT2D eigenvalue weighted by molar-refractivity contribution is 5.67. The minimum absolute atomic E-state index is 0.195. The SMILES string of the molecule is CCCCCCCOc1ccc(-c2ccc(-c3ccc(CCCCCC)cc3F)nc2)cc1. The van der Waals surface area contributed by atoms with E-state index in [2.05, 4.69) is 31.0 Å². The van der Waals surface area contributed by atoms with Crippen LogP contribution in [0.25, 0.3) is 22.4 Å². The van der Waals surface area contributed by atoms with Gasteiger partial charge in [0.2, 0.25) is 0 Å². The molecule has 0 aliphatic rings. The number of rotatable bonds is 14. The Morgan fingerprint density at radius 2 is 1.42 bits per heavy atom. The van der Waals surface area contributed by atoms with Gasteiger partial charge in [-0.3, -0.25) is 4.98 Å². The Labute approximate surface area is 199 Å². The summed E-state index contributed by atoms with van der Waals surface area (Å²) in [5.41, 5.74) is 4.37. The highest BCUT2D eigenvalue weighted by atomic mass is 19.1. The number of halogens is 1. The summed E-state index contributed by atoms with van der Waals surface area (Å²) in [5, 5.41) is 0. The van der Waals surface area contributed by atoms with Gasteiger partial charge in [-0.15, -0.1) is 0 Å². The van der Waals surface area contributed by atoms with Gasteiger partial charge in [-0.2, -0.15) is 0 Å². The first-order valence-electron chi connectivity index (χ1n) is 12.7. The topological polar surface area (TPSA) is 22.1 Å². The summed E-state index contributed by atoms with van der Waals surface area (Å²) in [7, 11) is 0. The van der Waals surface area contributed by atoms with Crippen molar-refractivity contribution in [3.8, 4) is 28.1 Å². The smallest absolute Gasteiger partial charge is 0.132 e. The van der Waals surface area contributed by atoms with Gasteiger partial charge in [0.05, 0.1) is 12.3 Å². The first kappa shape index (κ1) is 25.0. The molecule has 1 heterocycles. The maximum atomic E-state index is 14.7. The lowest BCUT2D eigenvalue weighted by Crippen LogP contribution is -1.97. The van der Waals surface area contributed by atoms with Crippen molar-refractivity contribution in [2.75, 3.05) is 6.61 Å². The molecule has 0 saturated heterocycles. The van der Waals surface area contributed by atoms with E-state index in [1.807, 2.05) is 42.6 Å². The summed E-state index contributed by atoms with van der Waals surface area (Å²) in [5.74, 6) is 0.704. The van der Waals surface area contributed by atoms with Crippen LogP contribution in [0.15, 0.2) is 60.8 Å². The van der Waals surface area contributed by atoms with Crippen LogP contribution in [-0.4, -0.2) is 11.6 Å². The fourth-order valence-corrected chi connectivity index (χ4v) is 4.04. The third-order valence-corrected chi connectivity index (χ3v) is 6.10. The number of aryl methyl sites for hydroxylation is 1. The van der Waals surface area contributed by atoms with Crippen molar-refractivity contribution < 1.29 is 9.13 Å². The summed E-state index contributed by atoms with van der Waals surface area (Å²) in [6.07, 6.45) is 13.7. The molecule has 0 aliphatic heterocycles. The first-order chi connectivity index (χ1) is 16.2. The van der Waals surface area contributed by atoms with Gasteiger partial charge in [-0.1, -0.05) is 83.1 Å². The molecular formula is C30H38FNO. The molecule has 0 N–H and O–H groups in total. The van der Waals surface area contributed by atoms with Gasteiger partial charge < -0.3 is 4.74 Å². The van der Waals surface area contributed by atoms with Crippen molar-refractivity contribution in [3.63, 3.8) is 0 Å². The fraction of sp³-hybridized carbons (Fsp3) is 0.433. The Hall–Kier alpha value is -2.68. The van der Waals surface area contributed by atoms with Crippen LogP contribution in [-0.2, 0) is 6.42 Å². The van der Waals surface area contributed by atoms with E-state index in [-0.39, 0.29) is 5.82 Å². The maximum Gasteiger partial charge on any atom is 0.132 e. The second-order valence-electron chi connectivity index (χ2n) is 8.84. The summed E-state index contributed by atoms with van der Waals surface area (Å²) in [4.78, 5) is 4.54. The van der Waals surface area contributed by atoms with Crippen LogP contribution in [0.4, 0.5) is 4.39 Å². The Bertz CT molecular complexity index is 950. The van der Waals surface area contributed by atoms with Crippen LogP contribution in [0.5, 0.6) is 5.75 Å². The molecule has 0 atom stereocenters. The summed E-state index contributed by atoms with van der Waals surface area (Å²) >= 11 is 0. The van der Waals surface area contributed by atoms with Crippen molar-refractivity contribution in [3.05, 3.63) is 72.2 Å². The van der Waals surface area contributed by atoms with Gasteiger partial charge in [0, 0.05) is 17.3 Å². The average molecular weight is 448 g/mol. The highest BCUT2D eigenvalue weighted by Crippen LogP contribution is 2.27. The van der Waals surface area contributed by atoms with E-state index in [1.165, 1.54) is 44.9 Å².